The average Bonchev–Trinajstić information content (AvgIpc) is 3.06. The van der Waals surface area contributed by atoms with E-state index in [0.717, 1.165) is 11.3 Å². The number of hydrogen-bond donors (Lipinski definition) is 1. The van der Waals surface area contributed by atoms with Crippen LogP contribution in [0.4, 0.5) is 0 Å². The van der Waals surface area contributed by atoms with E-state index in [9.17, 15) is 9.59 Å². The average molecular weight is 386 g/mol. The summed E-state index contributed by atoms with van der Waals surface area (Å²) in [7, 11) is 0. The van der Waals surface area contributed by atoms with Crippen molar-refractivity contribution >= 4 is 46.8 Å². The molecule has 2 aromatic rings. The summed E-state index contributed by atoms with van der Waals surface area (Å²) in [5, 5.41) is 3.26. The van der Waals surface area contributed by atoms with Crippen LogP contribution in [-0.4, -0.2) is 32.9 Å². The number of benzene rings is 1. The van der Waals surface area contributed by atoms with Gasteiger partial charge in [-0.1, -0.05) is 23.7 Å². The minimum Gasteiger partial charge on any atom is -0.317 e. The largest absolute Gasteiger partial charge is 0.317 e. The molecule has 3 rings (SSSR count). The lowest BCUT2D eigenvalue weighted by Gasteiger charge is -2.27. The Hall–Kier alpha value is -2.70. The smallest absolute Gasteiger partial charge is 0.266 e. The molecule has 0 saturated carbocycles. The van der Waals surface area contributed by atoms with Gasteiger partial charge in [-0.15, -0.1) is 6.58 Å². The third kappa shape index (κ3) is 3.34. The first kappa shape index (κ1) is 18.1. The van der Waals surface area contributed by atoms with E-state index in [1.165, 1.54) is 4.90 Å². The first-order valence-electron chi connectivity index (χ1n) is 7.86. The number of nitrogens with zero attached hydrogens (tertiary/aromatic N) is 2. The van der Waals surface area contributed by atoms with Gasteiger partial charge in [0.1, 0.15) is 5.57 Å². The van der Waals surface area contributed by atoms with Crippen LogP contribution < -0.4 is 5.32 Å². The highest BCUT2D eigenvalue weighted by atomic mass is 35.5. The van der Waals surface area contributed by atoms with Gasteiger partial charge in [0.15, 0.2) is 5.11 Å². The van der Waals surface area contributed by atoms with E-state index in [-0.39, 0.29) is 17.2 Å². The summed E-state index contributed by atoms with van der Waals surface area (Å²) < 4.78 is 1.85. The molecular formula is C19H16ClN3O2S. The highest BCUT2D eigenvalue weighted by Gasteiger charge is 2.32. The maximum Gasteiger partial charge on any atom is 0.266 e. The zero-order valence-electron chi connectivity index (χ0n) is 14.0. The van der Waals surface area contributed by atoms with Gasteiger partial charge in [0.05, 0.1) is 0 Å². The molecule has 2 heterocycles. The van der Waals surface area contributed by atoms with Crippen molar-refractivity contribution in [2.24, 2.45) is 0 Å². The quantitative estimate of drug-likeness (QED) is 0.380. The Kier molecular flexibility index (Phi) is 5.06. The SMILES string of the molecule is C=CCN1C(=O)C(=Cc2cccn2-c2ccc(C)c(Cl)c2)C(=O)NC1=S. The molecule has 1 aliphatic rings. The molecule has 2 amide bonds. The third-order valence-corrected chi connectivity index (χ3v) is 4.73. The Labute approximate surface area is 161 Å². The number of thiocarbonyl (C=S) groups is 1. The molecule has 0 spiro atoms. The minimum atomic E-state index is -0.519. The van der Waals surface area contributed by atoms with Crippen molar-refractivity contribution in [2.45, 2.75) is 6.92 Å². The Morgan fingerprint density at radius 2 is 2.08 bits per heavy atom. The van der Waals surface area contributed by atoms with Crippen LogP contribution in [0.1, 0.15) is 11.3 Å². The van der Waals surface area contributed by atoms with Crippen LogP contribution in [-0.2, 0) is 9.59 Å². The molecule has 1 saturated heterocycles. The highest BCUT2D eigenvalue weighted by molar-refractivity contribution is 7.80. The summed E-state index contributed by atoms with van der Waals surface area (Å²) in [6, 6.07) is 9.31. The van der Waals surface area contributed by atoms with Crippen molar-refractivity contribution in [3.8, 4) is 5.69 Å². The first-order chi connectivity index (χ1) is 12.4. The monoisotopic (exact) mass is 385 g/mol. The predicted molar refractivity (Wildman–Crippen MR) is 106 cm³/mol. The molecule has 0 radical (unpaired) electrons. The van der Waals surface area contributed by atoms with Crippen molar-refractivity contribution in [3.05, 3.63) is 71.0 Å². The molecule has 5 nitrogen and oxygen atoms in total. The van der Waals surface area contributed by atoms with Gasteiger partial charge in [-0.2, -0.15) is 0 Å². The molecule has 0 aliphatic carbocycles. The summed E-state index contributed by atoms with van der Waals surface area (Å²) in [6.07, 6.45) is 4.93. The van der Waals surface area contributed by atoms with Crippen LogP contribution in [0.15, 0.2) is 54.8 Å². The van der Waals surface area contributed by atoms with Crippen LogP contribution in [0.3, 0.4) is 0 Å². The zero-order chi connectivity index (χ0) is 18.8. The Morgan fingerprint density at radius 1 is 1.31 bits per heavy atom. The summed E-state index contributed by atoms with van der Waals surface area (Å²) in [6.45, 7) is 5.76. The molecule has 1 N–H and O–H groups in total. The molecule has 0 bridgehead atoms. The van der Waals surface area contributed by atoms with Crippen LogP contribution in [0.5, 0.6) is 0 Å². The van der Waals surface area contributed by atoms with Gasteiger partial charge in [-0.3, -0.25) is 19.8 Å². The fourth-order valence-electron chi connectivity index (χ4n) is 2.62. The molecule has 7 heteroatoms. The van der Waals surface area contributed by atoms with Gasteiger partial charge in [0, 0.05) is 29.1 Å². The van der Waals surface area contributed by atoms with Gasteiger partial charge in [-0.05, 0) is 55.0 Å². The Morgan fingerprint density at radius 3 is 2.77 bits per heavy atom. The van der Waals surface area contributed by atoms with E-state index in [1.54, 1.807) is 12.2 Å². The van der Waals surface area contributed by atoms with E-state index < -0.39 is 11.8 Å². The number of carbonyl (C=O) groups is 2. The highest BCUT2D eigenvalue weighted by Crippen LogP contribution is 2.23. The van der Waals surface area contributed by atoms with Crippen molar-refractivity contribution in [1.29, 1.82) is 0 Å². The predicted octanol–water partition coefficient (Wildman–Crippen LogP) is 3.25. The van der Waals surface area contributed by atoms with Gasteiger partial charge in [0.2, 0.25) is 0 Å². The number of nitrogens with one attached hydrogen (secondary N) is 1. The molecule has 0 atom stereocenters. The molecule has 1 aromatic heterocycles. The van der Waals surface area contributed by atoms with Crippen LogP contribution in [0, 0.1) is 6.92 Å². The lowest BCUT2D eigenvalue weighted by Crippen LogP contribution is -2.53. The number of hydrogen-bond acceptors (Lipinski definition) is 3. The normalized spacial score (nSPS) is 16.2. The second-order valence-electron chi connectivity index (χ2n) is 5.76. The zero-order valence-corrected chi connectivity index (χ0v) is 15.6. The number of carbonyl (C=O) groups excluding carboxylic acids is 2. The van der Waals surface area contributed by atoms with Gasteiger partial charge in [0.25, 0.3) is 11.8 Å². The van der Waals surface area contributed by atoms with Crippen molar-refractivity contribution in [2.75, 3.05) is 6.54 Å². The number of aryl methyl sites for hydroxylation is 1. The maximum atomic E-state index is 12.6. The second-order valence-corrected chi connectivity index (χ2v) is 6.55. The lowest BCUT2D eigenvalue weighted by molar-refractivity contribution is -0.128. The van der Waals surface area contributed by atoms with E-state index in [2.05, 4.69) is 11.9 Å². The van der Waals surface area contributed by atoms with Crippen LogP contribution in [0.25, 0.3) is 11.8 Å². The minimum absolute atomic E-state index is 0.0126. The number of halogens is 1. The molecule has 132 valence electrons. The van der Waals surface area contributed by atoms with E-state index in [4.69, 9.17) is 23.8 Å². The van der Waals surface area contributed by atoms with E-state index in [0.29, 0.717) is 10.7 Å². The topological polar surface area (TPSA) is 54.3 Å². The van der Waals surface area contributed by atoms with Crippen molar-refractivity contribution in [3.63, 3.8) is 0 Å². The van der Waals surface area contributed by atoms with Gasteiger partial charge < -0.3 is 4.57 Å². The summed E-state index contributed by atoms with van der Waals surface area (Å²) >= 11 is 11.3. The van der Waals surface area contributed by atoms with E-state index >= 15 is 0 Å². The summed E-state index contributed by atoms with van der Waals surface area (Å²) in [4.78, 5) is 26.2. The van der Waals surface area contributed by atoms with Crippen LogP contribution >= 0.6 is 23.8 Å². The first-order valence-corrected chi connectivity index (χ1v) is 8.64. The molecule has 1 fully saturated rings. The van der Waals surface area contributed by atoms with Crippen LogP contribution in [0.2, 0.25) is 5.02 Å². The second kappa shape index (κ2) is 7.27. The Bertz CT molecular complexity index is 961. The van der Waals surface area contributed by atoms with E-state index in [1.807, 2.05) is 48.0 Å². The molecule has 1 aromatic carbocycles. The Balaban J connectivity index is 2.02. The fraction of sp³-hybridized carbons (Fsp3) is 0.105. The molecule has 1 aliphatic heterocycles. The molecular weight excluding hydrogens is 370 g/mol. The summed E-state index contributed by atoms with van der Waals surface area (Å²) in [5.74, 6) is -0.969. The van der Waals surface area contributed by atoms with Gasteiger partial charge >= 0.3 is 0 Å². The number of amides is 2. The lowest BCUT2D eigenvalue weighted by atomic mass is 10.1. The molecule has 26 heavy (non-hydrogen) atoms. The van der Waals surface area contributed by atoms with Crippen molar-refractivity contribution < 1.29 is 9.59 Å². The molecule has 0 unspecified atom stereocenters. The third-order valence-electron chi connectivity index (χ3n) is 4.00. The number of rotatable bonds is 4. The standard InChI is InChI=1S/C19H16ClN3O2S/c1-3-8-23-18(25)15(17(24)21-19(23)26)10-13-5-4-9-22(13)14-7-6-12(2)16(20)11-14/h3-7,9-11H,1,8H2,2H3,(H,21,24,26). The van der Waals surface area contributed by atoms with Gasteiger partial charge in [-0.25, -0.2) is 0 Å². The number of aromatic nitrogens is 1. The van der Waals surface area contributed by atoms with Crippen molar-refractivity contribution in [1.82, 2.24) is 14.8 Å². The maximum absolute atomic E-state index is 12.6. The fourth-order valence-corrected chi connectivity index (χ4v) is 3.04. The summed E-state index contributed by atoms with van der Waals surface area (Å²) in [5.41, 5.74) is 2.49.